The predicted octanol–water partition coefficient (Wildman–Crippen LogP) is 0.950. The highest BCUT2D eigenvalue weighted by molar-refractivity contribution is 5.92. The van der Waals surface area contributed by atoms with Crippen LogP contribution in [-0.4, -0.2) is 46.1 Å². The number of carbonyl (C=O) groups excluding carboxylic acids is 2. The van der Waals surface area contributed by atoms with Crippen LogP contribution in [0.25, 0.3) is 0 Å². The van der Waals surface area contributed by atoms with Crippen molar-refractivity contribution in [1.82, 2.24) is 20.8 Å². The average molecular weight is 367 g/mol. The van der Waals surface area contributed by atoms with Crippen molar-refractivity contribution in [3.63, 3.8) is 0 Å². The summed E-state index contributed by atoms with van der Waals surface area (Å²) in [6.45, 7) is 3.48. The van der Waals surface area contributed by atoms with E-state index in [0.29, 0.717) is 17.8 Å². The molecule has 27 heavy (non-hydrogen) atoms. The van der Waals surface area contributed by atoms with Crippen molar-refractivity contribution in [1.29, 1.82) is 0 Å². The fourth-order valence-electron chi connectivity index (χ4n) is 3.75. The Balaban J connectivity index is 1.31. The van der Waals surface area contributed by atoms with Crippen LogP contribution >= 0.6 is 0 Å². The summed E-state index contributed by atoms with van der Waals surface area (Å²) in [4.78, 5) is 34.3. The maximum absolute atomic E-state index is 12.5. The van der Waals surface area contributed by atoms with Crippen LogP contribution < -0.4 is 15.7 Å². The van der Waals surface area contributed by atoms with Gasteiger partial charge >= 0.3 is 0 Å². The van der Waals surface area contributed by atoms with Gasteiger partial charge in [0.2, 0.25) is 11.9 Å². The number of nitrogens with one attached hydrogen (secondary N) is 2. The molecule has 140 valence electrons. The van der Waals surface area contributed by atoms with Crippen LogP contribution in [0.5, 0.6) is 0 Å². The van der Waals surface area contributed by atoms with Gasteiger partial charge < -0.3 is 10.2 Å². The molecule has 8 heteroatoms. The third kappa shape index (κ3) is 3.35. The van der Waals surface area contributed by atoms with E-state index in [-0.39, 0.29) is 23.4 Å². The number of hydroxylamine groups is 1. The summed E-state index contributed by atoms with van der Waals surface area (Å²) >= 11 is 0. The largest absolute Gasteiger partial charge is 0.352 e. The Morgan fingerprint density at radius 3 is 2.37 bits per heavy atom. The van der Waals surface area contributed by atoms with E-state index in [2.05, 4.69) is 20.2 Å². The van der Waals surface area contributed by atoms with Gasteiger partial charge in [0, 0.05) is 43.4 Å². The normalized spacial score (nSPS) is 24.1. The zero-order valence-electron chi connectivity index (χ0n) is 14.9. The number of aromatic nitrogens is 2. The zero-order chi connectivity index (χ0) is 19.0. The quantitative estimate of drug-likeness (QED) is 0.536. The molecule has 1 aromatic carbocycles. The van der Waals surface area contributed by atoms with Crippen LogP contribution in [0.1, 0.15) is 28.8 Å². The number of hydrogen-bond donors (Lipinski definition) is 3. The van der Waals surface area contributed by atoms with Crippen LogP contribution in [-0.2, 0) is 4.79 Å². The summed E-state index contributed by atoms with van der Waals surface area (Å²) in [5.74, 6) is 0.613. The van der Waals surface area contributed by atoms with E-state index in [1.54, 1.807) is 5.48 Å². The predicted molar refractivity (Wildman–Crippen MR) is 97.3 cm³/mol. The number of anilines is 1. The molecule has 2 heterocycles. The molecule has 1 saturated carbocycles. The Kier molecular flexibility index (Phi) is 4.49. The highest BCUT2D eigenvalue weighted by Gasteiger charge is 2.57. The Bertz CT molecular complexity index is 830. The Hall–Kier alpha value is -3.00. The molecule has 3 N–H and O–H groups in total. The average Bonchev–Trinajstić information content (AvgIpc) is 3.15. The second-order valence-electron chi connectivity index (χ2n) is 7.11. The summed E-state index contributed by atoms with van der Waals surface area (Å²) in [7, 11) is 0. The van der Waals surface area contributed by atoms with Gasteiger partial charge in [-0.2, -0.15) is 0 Å². The molecule has 2 aromatic rings. The first-order chi connectivity index (χ1) is 13.1. The number of benzene rings is 1. The van der Waals surface area contributed by atoms with E-state index < -0.39 is 5.91 Å². The summed E-state index contributed by atoms with van der Waals surface area (Å²) in [6, 6.07) is 9.98. The molecule has 3 unspecified atom stereocenters. The van der Waals surface area contributed by atoms with E-state index in [0.717, 1.165) is 18.7 Å². The second-order valence-corrected chi connectivity index (χ2v) is 7.11. The minimum Gasteiger partial charge on any atom is -0.352 e. The summed E-state index contributed by atoms with van der Waals surface area (Å²) in [5.41, 5.74) is 2.77. The number of fused-ring (bicyclic) bond motifs is 1. The maximum atomic E-state index is 12.5. The lowest BCUT2D eigenvalue weighted by Gasteiger charge is -2.21. The van der Waals surface area contributed by atoms with E-state index in [1.807, 2.05) is 37.3 Å². The van der Waals surface area contributed by atoms with Crippen molar-refractivity contribution >= 4 is 17.8 Å². The first-order valence-electron chi connectivity index (χ1n) is 8.95. The number of amides is 2. The first-order valence-corrected chi connectivity index (χ1v) is 8.95. The van der Waals surface area contributed by atoms with Gasteiger partial charge in [-0.3, -0.25) is 14.8 Å². The van der Waals surface area contributed by atoms with Crippen LogP contribution in [0, 0.1) is 11.8 Å². The topological polar surface area (TPSA) is 107 Å². The number of carbonyl (C=O) groups is 2. The van der Waals surface area contributed by atoms with Crippen LogP contribution in [0.3, 0.4) is 0 Å². The minimum absolute atomic E-state index is 0.0581. The van der Waals surface area contributed by atoms with Crippen LogP contribution in [0.2, 0.25) is 0 Å². The second kappa shape index (κ2) is 6.96. The molecule has 2 aliphatic rings. The number of rotatable bonds is 5. The molecule has 8 nitrogen and oxygen atoms in total. The van der Waals surface area contributed by atoms with E-state index >= 15 is 0 Å². The highest BCUT2D eigenvalue weighted by Crippen LogP contribution is 2.46. The van der Waals surface area contributed by atoms with E-state index in [9.17, 15) is 9.59 Å². The van der Waals surface area contributed by atoms with Crippen molar-refractivity contribution in [3.05, 3.63) is 53.9 Å². The van der Waals surface area contributed by atoms with Crippen LogP contribution in [0.4, 0.5) is 5.95 Å². The van der Waals surface area contributed by atoms with Gasteiger partial charge in [0.1, 0.15) is 0 Å². The monoisotopic (exact) mass is 367 g/mol. The van der Waals surface area contributed by atoms with Gasteiger partial charge in [-0.15, -0.1) is 0 Å². The van der Waals surface area contributed by atoms with E-state index in [1.165, 1.54) is 12.4 Å². The fourth-order valence-corrected chi connectivity index (χ4v) is 3.75. The highest BCUT2D eigenvalue weighted by atomic mass is 16.5. The molecule has 1 saturated heterocycles. The molecule has 2 amide bonds. The molecule has 1 aromatic heterocycles. The lowest BCUT2D eigenvalue weighted by atomic mass is 10.0. The van der Waals surface area contributed by atoms with E-state index in [4.69, 9.17) is 5.21 Å². The molecule has 1 aliphatic heterocycles. The minimum atomic E-state index is -0.638. The lowest BCUT2D eigenvalue weighted by molar-refractivity contribution is -0.122. The lowest BCUT2D eigenvalue weighted by Crippen LogP contribution is -2.37. The summed E-state index contributed by atoms with van der Waals surface area (Å²) in [6.07, 6.45) is 2.78. The molecule has 3 atom stereocenters. The molecule has 0 radical (unpaired) electrons. The molecule has 4 rings (SSSR count). The van der Waals surface area contributed by atoms with Crippen molar-refractivity contribution in [2.45, 2.75) is 18.9 Å². The molecule has 2 fully saturated rings. The molecular weight excluding hydrogens is 346 g/mol. The molecule has 0 bridgehead atoms. The van der Waals surface area contributed by atoms with Crippen molar-refractivity contribution < 1.29 is 14.8 Å². The summed E-state index contributed by atoms with van der Waals surface area (Å²) < 4.78 is 0. The number of nitrogens with zero attached hydrogens (tertiary/aromatic N) is 3. The summed E-state index contributed by atoms with van der Waals surface area (Å²) in [5, 5.41) is 11.8. The Morgan fingerprint density at radius 1 is 1.15 bits per heavy atom. The van der Waals surface area contributed by atoms with Gasteiger partial charge in [0.25, 0.3) is 5.91 Å². The van der Waals surface area contributed by atoms with Crippen molar-refractivity contribution in [3.8, 4) is 0 Å². The molecule has 0 spiro atoms. The van der Waals surface area contributed by atoms with Gasteiger partial charge in [-0.1, -0.05) is 30.3 Å². The third-order valence-electron chi connectivity index (χ3n) is 5.48. The SMILES string of the molecule is CC(C(=O)NC1C2CN(c3ncc(C(=O)NO)cn3)CC21)c1ccccc1. The first kappa shape index (κ1) is 17.4. The number of hydrogen-bond acceptors (Lipinski definition) is 6. The Labute approximate surface area is 156 Å². The molecular formula is C19H21N5O3. The van der Waals surface area contributed by atoms with Crippen molar-refractivity contribution in [2.24, 2.45) is 11.8 Å². The fraction of sp³-hybridized carbons (Fsp3) is 0.368. The zero-order valence-corrected chi connectivity index (χ0v) is 14.9. The van der Waals surface area contributed by atoms with Gasteiger partial charge in [0.05, 0.1) is 11.5 Å². The molecule has 1 aliphatic carbocycles. The Morgan fingerprint density at radius 2 is 1.78 bits per heavy atom. The third-order valence-corrected chi connectivity index (χ3v) is 5.48. The van der Waals surface area contributed by atoms with Gasteiger partial charge in [-0.25, -0.2) is 15.4 Å². The maximum Gasteiger partial charge on any atom is 0.277 e. The van der Waals surface area contributed by atoms with Crippen molar-refractivity contribution in [2.75, 3.05) is 18.0 Å². The van der Waals surface area contributed by atoms with Gasteiger partial charge in [-0.05, 0) is 12.5 Å². The van der Waals surface area contributed by atoms with Crippen LogP contribution in [0.15, 0.2) is 42.7 Å². The van der Waals surface area contributed by atoms with Gasteiger partial charge in [0.15, 0.2) is 0 Å². The smallest absolute Gasteiger partial charge is 0.277 e. The standard InChI is InChI=1S/C19H21N5O3/c1-11(12-5-3-2-4-6-12)17(25)22-16-14-9-24(10-15(14)16)19-20-7-13(8-21-19)18(26)23-27/h2-8,11,14-16,27H,9-10H2,1H3,(H,22,25)(H,23,26). The number of piperidine rings is 1.